The molecule has 0 aliphatic heterocycles. The molecule has 0 radical (unpaired) electrons. The number of benzene rings is 8. The largest absolute Gasteiger partial charge is 0.247 e. The van der Waals surface area contributed by atoms with Gasteiger partial charge in [-0.2, -0.15) is 0 Å². The van der Waals surface area contributed by atoms with Gasteiger partial charge in [-0.05, 0) is 63.4 Å². The van der Waals surface area contributed by atoms with E-state index in [1.54, 1.807) is 0 Å². The van der Waals surface area contributed by atoms with Gasteiger partial charge in [0.25, 0.3) is 0 Å². The molecule has 0 saturated carbocycles. The van der Waals surface area contributed by atoms with Crippen LogP contribution < -0.4 is 0 Å². The van der Waals surface area contributed by atoms with Gasteiger partial charge in [0.2, 0.25) is 0 Å². The lowest BCUT2D eigenvalue weighted by atomic mass is 9.93. The van der Waals surface area contributed by atoms with Crippen molar-refractivity contribution in [1.29, 1.82) is 0 Å². The molecular formula is C51H33N3. The van der Waals surface area contributed by atoms with Gasteiger partial charge >= 0.3 is 0 Å². The van der Waals surface area contributed by atoms with Gasteiger partial charge in [-0.15, -0.1) is 0 Å². The van der Waals surface area contributed by atoms with Crippen molar-refractivity contribution in [3.63, 3.8) is 0 Å². The van der Waals surface area contributed by atoms with Crippen molar-refractivity contribution in [3.8, 4) is 67.4 Å². The topological polar surface area (TPSA) is 38.7 Å². The Labute approximate surface area is 313 Å². The molecule has 252 valence electrons. The Bertz CT molecular complexity index is 2970. The summed E-state index contributed by atoms with van der Waals surface area (Å²) in [6, 6.07) is 70.3. The zero-order valence-electron chi connectivity index (χ0n) is 29.4. The number of aromatic nitrogens is 3. The van der Waals surface area contributed by atoms with Crippen molar-refractivity contribution in [2.24, 2.45) is 0 Å². The number of rotatable bonds is 6. The van der Waals surface area contributed by atoms with Crippen LogP contribution >= 0.6 is 0 Å². The van der Waals surface area contributed by atoms with E-state index in [9.17, 15) is 0 Å². The zero-order valence-corrected chi connectivity index (χ0v) is 29.4. The van der Waals surface area contributed by atoms with Gasteiger partial charge in [-0.1, -0.05) is 170 Å². The lowest BCUT2D eigenvalue weighted by Gasteiger charge is -2.14. The molecule has 54 heavy (non-hydrogen) atoms. The van der Waals surface area contributed by atoms with Crippen LogP contribution in [0.5, 0.6) is 0 Å². The molecule has 10 aromatic rings. The Balaban J connectivity index is 1.09. The summed E-state index contributed by atoms with van der Waals surface area (Å²) >= 11 is 0. The first kappa shape index (κ1) is 31.5. The molecule has 0 aliphatic carbocycles. The van der Waals surface area contributed by atoms with E-state index in [1.165, 1.54) is 27.1 Å². The number of pyridine rings is 1. The van der Waals surface area contributed by atoms with Gasteiger partial charge < -0.3 is 0 Å². The molecule has 3 nitrogen and oxygen atoms in total. The van der Waals surface area contributed by atoms with Gasteiger partial charge in [0, 0.05) is 38.4 Å². The Morgan fingerprint density at radius 3 is 1.46 bits per heavy atom. The molecule has 0 saturated heterocycles. The van der Waals surface area contributed by atoms with Crippen LogP contribution in [0.1, 0.15) is 0 Å². The smallest absolute Gasteiger partial charge is 0.160 e. The molecule has 0 aliphatic rings. The summed E-state index contributed by atoms with van der Waals surface area (Å²) in [5.74, 6) is 0.697. The molecule has 3 heteroatoms. The molecule has 0 spiro atoms. The van der Waals surface area contributed by atoms with Gasteiger partial charge in [0.1, 0.15) is 0 Å². The van der Waals surface area contributed by atoms with Crippen LogP contribution in [0.4, 0.5) is 0 Å². The number of fused-ring (bicyclic) bond motifs is 5. The third kappa shape index (κ3) is 5.78. The molecule has 0 bridgehead atoms. The summed E-state index contributed by atoms with van der Waals surface area (Å²) in [4.78, 5) is 15.5. The summed E-state index contributed by atoms with van der Waals surface area (Å²) in [5, 5.41) is 6.03. The summed E-state index contributed by atoms with van der Waals surface area (Å²) in [5.41, 5.74) is 12.4. The van der Waals surface area contributed by atoms with Crippen LogP contribution in [-0.4, -0.2) is 15.0 Å². The van der Waals surface area contributed by atoms with Gasteiger partial charge in [0.05, 0.1) is 22.6 Å². The van der Waals surface area contributed by atoms with Gasteiger partial charge in [0.15, 0.2) is 5.82 Å². The predicted octanol–water partition coefficient (Wildman–Crippen LogP) is 13.3. The number of para-hydroxylation sites is 1. The minimum atomic E-state index is 0.697. The number of nitrogens with zero attached hydrogens (tertiary/aromatic N) is 3. The molecule has 2 aromatic heterocycles. The second kappa shape index (κ2) is 13.4. The summed E-state index contributed by atoms with van der Waals surface area (Å²) in [6.07, 6.45) is 0. The number of hydrogen-bond acceptors (Lipinski definition) is 3. The minimum Gasteiger partial charge on any atom is -0.247 e. The maximum atomic E-state index is 5.27. The maximum Gasteiger partial charge on any atom is 0.160 e. The average Bonchev–Trinajstić information content (AvgIpc) is 3.26. The monoisotopic (exact) mass is 687 g/mol. The third-order valence-electron chi connectivity index (χ3n) is 10.2. The van der Waals surface area contributed by atoms with E-state index < -0.39 is 0 Å². The molecular weight excluding hydrogens is 655 g/mol. The standard InChI is InChI=1S/C51H33N3/c1-3-14-34(15-4-1)37-19-11-22-40(30-37)47-33-48(54-51(53-47)36-17-5-2-6-18-36)41-23-12-20-38(31-41)39-21-13-24-42(32-39)50-45-29-28-35-16-7-8-25-43(35)49(45)44-26-9-10-27-46(44)52-50/h1-33H. The second-order valence-electron chi connectivity index (χ2n) is 13.6. The van der Waals surface area contributed by atoms with E-state index in [1.807, 2.05) is 24.3 Å². The molecule has 0 N–H and O–H groups in total. The van der Waals surface area contributed by atoms with Crippen LogP contribution in [0.3, 0.4) is 0 Å². The highest BCUT2D eigenvalue weighted by Gasteiger charge is 2.15. The van der Waals surface area contributed by atoms with Crippen LogP contribution in [-0.2, 0) is 0 Å². The normalized spacial score (nSPS) is 11.3. The fraction of sp³-hybridized carbons (Fsp3) is 0. The first-order valence-corrected chi connectivity index (χ1v) is 18.3. The van der Waals surface area contributed by atoms with Crippen LogP contribution in [0.25, 0.3) is 99.9 Å². The highest BCUT2D eigenvalue weighted by atomic mass is 14.9. The Morgan fingerprint density at radius 2 is 0.778 bits per heavy atom. The van der Waals surface area contributed by atoms with Crippen molar-refractivity contribution in [2.75, 3.05) is 0 Å². The quantitative estimate of drug-likeness (QED) is 0.163. The first-order chi connectivity index (χ1) is 26.7. The zero-order chi connectivity index (χ0) is 35.8. The maximum absolute atomic E-state index is 5.27. The average molecular weight is 688 g/mol. The fourth-order valence-electron chi connectivity index (χ4n) is 7.59. The molecule has 8 aromatic carbocycles. The van der Waals surface area contributed by atoms with Crippen molar-refractivity contribution in [2.45, 2.75) is 0 Å². The van der Waals surface area contributed by atoms with E-state index in [0.717, 1.165) is 66.9 Å². The number of hydrogen-bond donors (Lipinski definition) is 0. The van der Waals surface area contributed by atoms with E-state index in [2.05, 4.69) is 176 Å². The lowest BCUT2D eigenvalue weighted by molar-refractivity contribution is 1.18. The molecule has 10 rings (SSSR count). The fourth-order valence-corrected chi connectivity index (χ4v) is 7.59. The van der Waals surface area contributed by atoms with Gasteiger partial charge in [-0.3, -0.25) is 0 Å². The molecule has 2 heterocycles. The van der Waals surface area contributed by atoms with Crippen molar-refractivity contribution in [3.05, 3.63) is 200 Å². The van der Waals surface area contributed by atoms with Crippen molar-refractivity contribution in [1.82, 2.24) is 15.0 Å². The predicted molar refractivity (Wildman–Crippen MR) is 225 cm³/mol. The van der Waals surface area contributed by atoms with Crippen molar-refractivity contribution >= 4 is 32.4 Å². The Kier molecular flexibility index (Phi) is 7.81. The van der Waals surface area contributed by atoms with Crippen molar-refractivity contribution < 1.29 is 0 Å². The SMILES string of the molecule is c1ccc(-c2cccc(-c3cc(-c4cccc(-c5cccc(-c6nc7ccccc7c7c6ccc6ccccc67)c5)c4)nc(-c4ccccc4)n3)c2)cc1. The highest BCUT2D eigenvalue weighted by molar-refractivity contribution is 6.22. The Hall–Kier alpha value is -7.23. The van der Waals surface area contributed by atoms with Crippen LogP contribution in [0.2, 0.25) is 0 Å². The van der Waals surface area contributed by atoms with E-state index >= 15 is 0 Å². The van der Waals surface area contributed by atoms with E-state index in [4.69, 9.17) is 15.0 Å². The van der Waals surface area contributed by atoms with E-state index in [0.29, 0.717) is 5.82 Å². The summed E-state index contributed by atoms with van der Waals surface area (Å²) in [7, 11) is 0. The van der Waals surface area contributed by atoms with Crippen LogP contribution in [0.15, 0.2) is 200 Å². The van der Waals surface area contributed by atoms with E-state index in [-0.39, 0.29) is 0 Å². The lowest BCUT2D eigenvalue weighted by Crippen LogP contribution is -1.96. The van der Waals surface area contributed by atoms with Gasteiger partial charge in [-0.25, -0.2) is 15.0 Å². The molecule has 0 fully saturated rings. The second-order valence-corrected chi connectivity index (χ2v) is 13.6. The summed E-state index contributed by atoms with van der Waals surface area (Å²) < 4.78 is 0. The molecule has 0 unspecified atom stereocenters. The molecule has 0 atom stereocenters. The Morgan fingerprint density at radius 1 is 0.278 bits per heavy atom. The highest BCUT2D eigenvalue weighted by Crippen LogP contribution is 2.38. The third-order valence-corrected chi connectivity index (χ3v) is 10.2. The van der Waals surface area contributed by atoms with Crippen LogP contribution in [0, 0.1) is 0 Å². The first-order valence-electron chi connectivity index (χ1n) is 18.3. The molecule has 0 amide bonds. The minimum absolute atomic E-state index is 0.697. The summed E-state index contributed by atoms with van der Waals surface area (Å²) in [6.45, 7) is 0.